The van der Waals surface area contributed by atoms with Crippen molar-refractivity contribution < 1.29 is 14.7 Å². The first kappa shape index (κ1) is 13.0. The van der Waals surface area contributed by atoms with E-state index in [0.29, 0.717) is 19.4 Å². The molecule has 0 spiro atoms. The quantitative estimate of drug-likeness (QED) is 0.908. The Morgan fingerprint density at radius 3 is 2.83 bits per heavy atom. The molecular weight excluding hydrogens is 250 g/mol. The van der Waals surface area contributed by atoms with Crippen LogP contribution in [0.25, 0.3) is 0 Å². The highest BCUT2D eigenvalue weighted by molar-refractivity contribution is 7.99. The van der Waals surface area contributed by atoms with Crippen molar-refractivity contribution in [1.29, 1.82) is 0 Å². The SMILES string of the molecule is O=C(O)CCCC(=O)N1CCSc2ccccc21. The molecule has 1 aromatic carbocycles. The fourth-order valence-electron chi connectivity index (χ4n) is 1.95. The number of hydrogen-bond acceptors (Lipinski definition) is 3. The molecule has 1 heterocycles. The Morgan fingerprint density at radius 2 is 2.06 bits per heavy atom. The monoisotopic (exact) mass is 265 g/mol. The zero-order chi connectivity index (χ0) is 13.0. The summed E-state index contributed by atoms with van der Waals surface area (Å²) in [5.74, 6) is 0.0585. The molecule has 0 aromatic heterocycles. The van der Waals surface area contributed by atoms with Crippen LogP contribution in [0, 0.1) is 0 Å². The number of carboxylic acids is 1. The van der Waals surface area contributed by atoms with Crippen molar-refractivity contribution >= 4 is 29.3 Å². The van der Waals surface area contributed by atoms with Crippen LogP contribution in [0.4, 0.5) is 5.69 Å². The van der Waals surface area contributed by atoms with E-state index in [4.69, 9.17) is 5.11 Å². The number of carbonyl (C=O) groups excluding carboxylic acids is 1. The van der Waals surface area contributed by atoms with Gasteiger partial charge in [0.2, 0.25) is 5.91 Å². The van der Waals surface area contributed by atoms with Gasteiger partial charge in [-0.15, -0.1) is 11.8 Å². The molecule has 0 bridgehead atoms. The van der Waals surface area contributed by atoms with Crippen LogP contribution in [0.5, 0.6) is 0 Å². The third-order valence-corrected chi connectivity index (χ3v) is 3.85. The first-order valence-corrected chi connectivity index (χ1v) is 6.91. The number of benzene rings is 1. The largest absolute Gasteiger partial charge is 0.481 e. The van der Waals surface area contributed by atoms with E-state index in [1.807, 2.05) is 24.3 Å². The number of fused-ring (bicyclic) bond motifs is 1. The Kier molecular flexibility index (Phi) is 4.25. The molecule has 0 saturated carbocycles. The van der Waals surface area contributed by atoms with Crippen molar-refractivity contribution in [2.45, 2.75) is 24.2 Å². The van der Waals surface area contributed by atoms with E-state index in [-0.39, 0.29) is 12.3 Å². The summed E-state index contributed by atoms with van der Waals surface area (Å²) >= 11 is 1.75. The number of thioether (sulfide) groups is 1. The summed E-state index contributed by atoms with van der Waals surface area (Å²) in [6.45, 7) is 0.702. The van der Waals surface area contributed by atoms with Gasteiger partial charge in [0.05, 0.1) is 5.69 Å². The Balaban J connectivity index is 2.01. The second-order valence-electron chi connectivity index (χ2n) is 4.11. The zero-order valence-electron chi connectivity index (χ0n) is 9.96. The molecule has 0 fully saturated rings. The highest BCUT2D eigenvalue weighted by atomic mass is 32.2. The number of nitrogens with zero attached hydrogens (tertiary/aromatic N) is 1. The van der Waals surface area contributed by atoms with Crippen molar-refractivity contribution in [1.82, 2.24) is 0 Å². The minimum atomic E-state index is -0.850. The fraction of sp³-hybridized carbons (Fsp3) is 0.385. The molecule has 0 radical (unpaired) electrons. The van der Waals surface area contributed by atoms with Gasteiger partial charge >= 0.3 is 5.97 Å². The molecule has 96 valence electrons. The standard InChI is InChI=1S/C13H15NO3S/c15-12(6-3-7-13(16)17)14-8-9-18-11-5-2-1-4-10(11)14/h1-2,4-5H,3,6-9H2,(H,16,17). The third kappa shape index (κ3) is 3.04. The minimum Gasteiger partial charge on any atom is -0.481 e. The van der Waals surface area contributed by atoms with Gasteiger partial charge in [0, 0.05) is 30.0 Å². The fourth-order valence-corrected chi connectivity index (χ4v) is 2.95. The van der Waals surface area contributed by atoms with Crippen LogP contribution in [-0.2, 0) is 9.59 Å². The Bertz CT molecular complexity index is 461. The first-order valence-electron chi connectivity index (χ1n) is 5.92. The average Bonchev–Trinajstić information content (AvgIpc) is 2.37. The number of aliphatic carboxylic acids is 1. The molecule has 1 aliphatic rings. The summed E-state index contributed by atoms with van der Waals surface area (Å²) in [6, 6.07) is 7.83. The lowest BCUT2D eigenvalue weighted by Gasteiger charge is -2.29. The van der Waals surface area contributed by atoms with E-state index in [9.17, 15) is 9.59 Å². The molecular formula is C13H15NO3S. The molecule has 0 unspecified atom stereocenters. The van der Waals surface area contributed by atoms with Crippen LogP contribution in [0.2, 0.25) is 0 Å². The molecule has 2 rings (SSSR count). The topological polar surface area (TPSA) is 57.6 Å². The van der Waals surface area contributed by atoms with E-state index in [2.05, 4.69) is 0 Å². The summed E-state index contributed by atoms with van der Waals surface area (Å²) in [6.07, 6.45) is 0.751. The van der Waals surface area contributed by atoms with Crippen molar-refractivity contribution in [3.8, 4) is 0 Å². The summed E-state index contributed by atoms with van der Waals surface area (Å²) in [5, 5.41) is 8.57. The van der Waals surface area contributed by atoms with Gasteiger partial charge in [-0.25, -0.2) is 0 Å². The summed E-state index contributed by atoms with van der Waals surface area (Å²) in [4.78, 5) is 25.4. The molecule has 1 aliphatic heterocycles. The normalized spacial score (nSPS) is 14.1. The summed E-state index contributed by atoms with van der Waals surface area (Å²) in [7, 11) is 0. The van der Waals surface area contributed by atoms with Crippen LogP contribution in [0.3, 0.4) is 0 Å². The second-order valence-corrected chi connectivity index (χ2v) is 5.25. The van der Waals surface area contributed by atoms with Gasteiger partial charge in [0.15, 0.2) is 0 Å². The van der Waals surface area contributed by atoms with E-state index in [1.165, 1.54) is 0 Å². The Labute approximate surface area is 110 Å². The van der Waals surface area contributed by atoms with Crippen molar-refractivity contribution in [3.05, 3.63) is 24.3 Å². The maximum Gasteiger partial charge on any atom is 0.303 e. The molecule has 18 heavy (non-hydrogen) atoms. The van der Waals surface area contributed by atoms with Crippen LogP contribution in [0.15, 0.2) is 29.2 Å². The zero-order valence-corrected chi connectivity index (χ0v) is 10.8. The molecule has 0 saturated heterocycles. The Morgan fingerprint density at radius 1 is 1.28 bits per heavy atom. The van der Waals surface area contributed by atoms with Gasteiger partial charge < -0.3 is 10.0 Å². The smallest absolute Gasteiger partial charge is 0.303 e. The lowest BCUT2D eigenvalue weighted by molar-refractivity contribution is -0.137. The second kappa shape index (κ2) is 5.91. The number of para-hydroxylation sites is 1. The van der Waals surface area contributed by atoms with Crippen molar-refractivity contribution in [2.24, 2.45) is 0 Å². The molecule has 1 amide bonds. The predicted octanol–water partition coefficient (Wildman–Crippen LogP) is 2.38. The molecule has 1 aromatic rings. The van der Waals surface area contributed by atoms with Gasteiger partial charge in [-0.3, -0.25) is 9.59 Å². The first-order chi connectivity index (χ1) is 8.68. The van der Waals surface area contributed by atoms with Crippen LogP contribution >= 0.6 is 11.8 Å². The van der Waals surface area contributed by atoms with Gasteiger partial charge in [0.25, 0.3) is 0 Å². The molecule has 1 N–H and O–H groups in total. The highest BCUT2D eigenvalue weighted by Crippen LogP contribution is 2.34. The number of rotatable bonds is 4. The maximum atomic E-state index is 12.1. The number of amides is 1. The van der Waals surface area contributed by atoms with Gasteiger partial charge in [-0.2, -0.15) is 0 Å². The molecule has 5 heteroatoms. The van der Waals surface area contributed by atoms with E-state index >= 15 is 0 Å². The Hall–Kier alpha value is -1.49. The van der Waals surface area contributed by atoms with Crippen LogP contribution in [0.1, 0.15) is 19.3 Å². The van der Waals surface area contributed by atoms with E-state index < -0.39 is 5.97 Å². The van der Waals surface area contributed by atoms with Crippen LogP contribution in [-0.4, -0.2) is 29.3 Å². The summed E-state index contributed by atoms with van der Waals surface area (Å²) in [5.41, 5.74) is 0.953. The van der Waals surface area contributed by atoms with Crippen molar-refractivity contribution in [2.75, 3.05) is 17.2 Å². The predicted molar refractivity (Wildman–Crippen MR) is 71.0 cm³/mol. The van der Waals surface area contributed by atoms with Gasteiger partial charge in [-0.1, -0.05) is 12.1 Å². The third-order valence-electron chi connectivity index (χ3n) is 2.81. The van der Waals surface area contributed by atoms with Gasteiger partial charge in [0.1, 0.15) is 0 Å². The lowest BCUT2D eigenvalue weighted by atomic mass is 10.2. The van der Waals surface area contributed by atoms with Gasteiger partial charge in [-0.05, 0) is 18.6 Å². The van der Waals surface area contributed by atoms with E-state index in [1.54, 1.807) is 16.7 Å². The number of hydrogen-bond donors (Lipinski definition) is 1. The van der Waals surface area contributed by atoms with E-state index in [0.717, 1.165) is 16.3 Å². The van der Waals surface area contributed by atoms with Crippen molar-refractivity contribution in [3.63, 3.8) is 0 Å². The molecule has 0 atom stereocenters. The number of carboxylic acid groups (broad SMARTS) is 1. The average molecular weight is 265 g/mol. The molecule has 0 aliphatic carbocycles. The minimum absolute atomic E-state index is 0.0176. The number of anilines is 1. The highest BCUT2D eigenvalue weighted by Gasteiger charge is 2.22. The maximum absolute atomic E-state index is 12.1. The summed E-state index contributed by atoms with van der Waals surface area (Å²) < 4.78 is 0. The van der Waals surface area contributed by atoms with Crippen LogP contribution < -0.4 is 4.90 Å². The lowest BCUT2D eigenvalue weighted by Crippen LogP contribution is -2.35. The molecule has 4 nitrogen and oxygen atoms in total. The number of carbonyl (C=O) groups is 2.